The number of aliphatic hydroxyl groups is 1. The molecular weight excluding hydrogens is 346 g/mol. The first-order valence-corrected chi connectivity index (χ1v) is 8.28. The van der Waals surface area contributed by atoms with E-state index in [9.17, 15) is 9.90 Å². The molecule has 3 heterocycles. The zero-order chi connectivity index (χ0) is 17.6. The molecule has 2 fully saturated rings. The third-order valence-corrected chi connectivity index (χ3v) is 4.51. The molecule has 1 saturated heterocycles. The normalized spacial score (nSPS) is 23.6. The van der Waals surface area contributed by atoms with E-state index in [1.165, 1.54) is 6.07 Å². The molecule has 130 valence electrons. The van der Waals surface area contributed by atoms with Crippen LogP contribution in [0.25, 0.3) is 0 Å². The highest BCUT2D eigenvalue weighted by Crippen LogP contribution is 2.46. The first-order chi connectivity index (χ1) is 11.9. The third-order valence-electron chi connectivity index (χ3n) is 4.32. The van der Waals surface area contributed by atoms with Gasteiger partial charge in [-0.2, -0.15) is 0 Å². The summed E-state index contributed by atoms with van der Waals surface area (Å²) in [7, 11) is 0. The van der Waals surface area contributed by atoms with E-state index in [1.807, 2.05) is 13.0 Å². The number of carbonyl (C=O) groups excluding carboxylic acids is 1. The summed E-state index contributed by atoms with van der Waals surface area (Å²) in [5.74, 6) is 0.734. The quantitative estimate of drug-likeness (QED) is 0.787. The Labute approximate surface area is 148 Å². The molecule has 2 aliphatic rings. The minimum Gasteiger partial charge on any atom is -0.377 e. The molecule has 2 aromatic heterocycles. The average molecular weight is 362 g/mol. The Kier molecular flexibility index (Phi) is 3.90. The number of amides is 1. The number of ether oxygens (including phenoxy) is 1. The molecule has 0 spiro atoms. The van der Waals surface area contributed by atoms with Crippen LogP contribution in [0.2, 0.25) is 5.15 Å². The van der Waals surface area contributed by atoms with Crippen molar-refractivity contribution in [1.29, 1.82) is 0 Å². The zero-order valence-corrected chi connectivity index (χ0v) is 14.2. The van der Waals surface area contributed by atoms with Gasteiger partial charge in [0.2, 0.25) is 5.91 Å². The second kappa shape index (κ2) is 5.98. The van der Waals surface area contributed by atoms with Crippen LogP contribution in [-0.2, 0) is 15.1 Å². The van der Waals surface area contributed by atoms with Gasteiger partial charge in [0.15, 0.2) is 11.4 Å². The molecule has 0 radical (unpaired) electrons. The van der Waals surface area contributed by atoms with E-state index in [0.29, 0.717) is 12.2 Å². The van der Waals surface area contributed by atoms with Crippen LogP contribution < -0.4 is 5.32 Å². The number of anilines is 1. The van der Waals surface area contributed by atoms with E-state index in [4.69, 9.17) is 16.3 Å². The van der Waals surface area contributed by atoms with Crippen molar-refractivity contribution in [1.82, 2.24) is 19.9 Å². The van der Waals surface area contributed by atoms with E-state index in [2.05, 4.69) is 25.3 Å². The van der Waals surface area contributed by atoms with Gasteiger partial charge in [0, 0.05) is 29.8 Å². The van der Waals surface area contributed by atoms with Crippen LogP contribution in [0.4, 0.5) is 5.82 Å². The minimum atomic E-state index is -1.25. The van der Waals surface area contributed by atoms with Crippen LogP contribution in [0.1, 0.15) is 29.7 Å². The molecule has 25 heavy (non-hydrogen) atoms. The number of nitrogens with zero attached hydrogens (tertiary/aromatic N) is 4. The molecule has 1 saturated carbocycles. The largest absolute Gasteiger partial charge is 0.377 e. The molecule has 9 heteroatoms. The fourth-order valence-corrected chi connectivity index (χ4v) is 2.93. The highest BCUT2D eigenvalue weighted by Gasteiger charge is 2.46. The van der Waals surface area contributed by atoms with Crippen molar-refractivity contribution in [3.05, 3.63) is 40.8 Å². The number of nitrogens with one attached hydrogen (secondary N) is 1. The van der Waals surface area contributed by atoms with Crippen molar-refractivity contribution in [3.63, 3.8) is 0 Å². The summed E-state index contributed by atoms with van der Waals surface area (Å²) in [4.78, 5) is 29.3. The predicted molar refractivity (Wildman–Crippen MR) is 88.0 cm³/mol. The molecule has 1 aliphatic heterocycles. The number of halogens is 1. The molecule has 1 amide bonds. The fourth-order valence-electron chi connectivity index (χ4n) is 2.75. The van der Waals surface area contributed by atoms with Crippen LogP contribution in [0, 0.1) is 12.8 Å². The molecule has 2 aromatic rings. The van der Waals surface area contributed by atoms with E-state index in [1.54, 1.807) is 6.20 Å². The molecule has 0 aromatic carbocycles. The lowest BCUT2D eigenvalue weighted by Gasteiger charge is -2.34. The maximum atomic E-state index is 12.4. The van der Waals surface area contributed by atoms with Gasteiger partial charge in [-0.15, -0.1) is 0 Å². The van der Waals surface area contributed by atoms with Crippen molar-refractivity contribution in [2.45, 2.75) is 24.9 Å². The van der Waals surface area contributed by atoms with E-state index in [-0.39, 0.29) is 47.8 Å². The van der Waals surface area contributed by atoms with Gasteiger partial charge >= 0.3 is 0 Å². The first kappa shape index (κ1) is 16.3. The van der Waals surface area contributed by atoms with E-state index in [0.717, 1.165) is 5.69 Å². The highest BCUT2D eigenvalue weighted by atomic mass is 35.5. The Morgan fingerprint density at radius 3 is 2.88 bits per heavy atom. The van der Waals surface area contributed by atoms with Crippen LogP contribution in [-0.4, -0.2) is 44.2 Å². The Balaban J connectivity index is 1.47. The minimum absolute atomic E-state index is 0.0147. The number of rotatable bonds is 4. The second-order valence-electron chi connectivity index (χ2n) is 6.42. The Hall–Kier alpha value is -2.16. The summed E-state index contributed by atoms with van der Waals surface area (Å²) in [5, 5.41) is 13.2. The number of hydrogen-bond donors (Lipinski definition) is 2. The van der Waals surface area contributed by atoms with E-state index < -0.39 is 5.60 Å². The van der Waals surface area contributed by atoms with Crippen LogP contribution in [0.3, 0.4) is 0 Å². The van der Waals surface area contributed by atoms with Crippen molar-refractivity contribution in [3.8, 4) is 0 Å². The third kappa shape index (κ3) is 3.20. The summed E-state index contributed by atoms with van der Waals surface area (Å²) in [5.41, 5.74) is -0.374. The number of carbonyl (C=O) groups is 1. The van der Waals surface area contributed by atoms with Gasteiger partial charge in [0.1, 0.15) is 16.8 Å². The summed E-state index contributed by atoms with van der Waals surface area (Å²) in [6.07, 6.45) is 2.39. The molecule has 0 bridgehead atoms. The van der Waals surface area contributed by atoms with Gasteiger partial charge in [-0.05, 0) is 19.4 Å². The molecular formula is C16H16ClN5O3. The molecule has 8 nitrogen and oxygen atoms in total. The van der Waals surface area contributed by atoms with Crippen molar-refractivity contribution < 1.29 is 14.6 Å². The van der Waals surface area contributed by atoms with Gasteiger partial charge in [-0.1, -0.05) is 11.6 Å². The molecule has 2 N–H and O–H groups in total. The van der Waals surface area contributed by atoms with Gasteiger partial charge in [-0.3, -0.25) is 4.79 Å². The Bertz CT molecular complexity index is 842. The number of hydrogen-bond acceptors (Lipinski definition) is 7. The summed E-state index contributed by atoms with van der Waals surface area (Å²) in [6, 6.07) is 3.27. The molecule has 4 rings (SSSR count). The SMILES string of the molecule is Cc1ccnc(C2CC2C(=O)Nc2cc(Cl)nc(C3(O)COC3)n2)n1. The standard InChI is InChI=1S/C16H16ClN5O3/c1-8-2-3-18-13(19-8)9-4-10(9)14(23)21-12-5-11(17)20-15(22-12)16(24)6-25-7-16/h2-3,5,9-10,24H,4,6-7H2,1H3,(H,20,21,22,23). The lowest BCUT2D eigenvalue weighted by atomic mass is 10.0. The molecule has 1 aliphatic carbocycles. The van der Waals surface area contributed by atoms with Crippen LogP contribution in [0.15, 0.2) is 18.3 Å². The van der Waals surface area contributed by atoms with Crippen LogP contribution >= 0.6 is 11.6 Å². The van der Waals surface area contributed by atoms with Gasteiger partial charge in [0.05, 0.1) is 13.2 Å². The van der Waals surface area contributed by atoms with Gasteiger partial charge < -0.3 is 15.2 Å². The summed E-state index contributed by atoms with van der Waals surface area (Å²) >= 11 is 5.98. The van der Waals surface area contributed by atoms with Crippen molar-refractivity contribution >= 4 is 23.3 Å². The fraction of sp³-hybridized carbons (Fsp3) is 0.438. The van der Waals surface area contributed by atoms with Crippen molar-refractivity contribution in [2.24, 2.45) is 5.92 Å². The highest BCUT2D eigenvalue weighted by molar-refractivity contribution is 6.29. The summed E-state index contributed by atoms with van der Waals surface area (Å²) in [6.45, 7) is 2.11. The van der Waals surface area contributed by atoms with Crippen LogP contribution in [0.5, 0.6) is 0 Å². The smallest absolute Gasteiger partial charge is 0.229 e. The average Bonchev–Trinajstić information content (AvgIpc) is 3.33. The Morgan fingerprint density at radius 2 is 2.20 bits per heavy atom. The number of aryl methyl sites for hydroxylation is 1. The molecule has 2 atom stereocenters. The van der Waals surface area contributed by atoms with Gasteiger partial charge in [-0.25, -0.2) is 19.9 Å². The zero-order valence-electron chi connectivity index (χ0n) is 13.4. The maximum Gasteiger partial charge on any atom is 0.229 e. The Morgan fingerprint density at radius 1 is 1.40 bits per heavy atom. The van der Waals surface area contributed by atoms with E-state index >= 15 is 0 Å². The molecule has 2 unspecified atom stereocenters. The number of aromatic nitrogens is 4. The summed E-state index contributed by atoms with van der Waals surface area (Å²) < 4.78 is 5.00. The second-order valence-corrected chi connectivity index (χ2v) is 6.81. The lowest BCUT2D eigenvalue weighted by molar-refractivity contribution is -0.189. The monoisotopic (exact) mass is 361 g/mol. The first-order valence-electron chi connectivity index (χ1n) is 7.90. The van der Waals surface area contributed by atoms with Gasteiger partial charge in [0.25, 0.3) is 0 Å². The van der Waals surface area contributed by atoms with Crippen molar-refractivity contribution in [2.75, 3.05) is 18.5 Å². The topological polar surface area (TPSA) is 110 Å². The maximum absolute atomic E-state index is 12.4. The predicted octanol–water partition coefficient (Wildman–Crippen LogP) is 1.19. The lowest BCUT2D eigenvalue weighted by Crippen LogP contribution is -2.48.